The summed E-state index contributed by atoms with van der Waals surface area (Å²) in [6.07, 6.45) is 0. The van der Waals surface area contributed by atoms with Gasteiger partial charge in [-0.1, -0.05) is 22.0 Å². The van der Waals surface area contributed by atoms with E-state index in [2.05, 4.69) is 90.1 Å². The third-order valence-electron chi connectivity index (χ3n) is 3.15. The maximum Gasteiger partial charge on any atom is 0.133 e. The molecule has 0 fully saturated rings. The number of hydrogen-bond acceptors (Lipinski definition) is 2. The molecule has 1 atom stereocenters. The van der Waals surface area contributed by atoms with Gasteiger partial charge in [-0.25, -0.2) is 0 Å². The molecule has 0 bridgehead atoms. The predicted molar refractivity (Wildman–Crippen MR) is 103 cm³/mol. The Morgan fingerprint density at radius 3 is 2.52 bits per heavy atom. The lowest BCUT2D eigenvalue weighted by Crippen LogP contribution is -2.18. The van der Waals surface area contributed by atoms with E-state index in [1.54, 1.807) is 0 Å². The highest BCUT2D eigenvalue weighted by Gasteiger charge is 2.16. The van der Waals surface area contributed by atoms with E-state index in [0.717, 1.165) is 14.7 Å². The van der Waals surface area contributed by atoms with E-state index in [4.69, 9.17) is 4.74 Å². The van der Waals surface area contributed by atoms with E-state index in [1.165, 1.54) is 14.7 Å². The van der Waals surface area contributed by atoms with Crippen LogP contribution in [0.25, 0.3) is 0 Å². The van der Waals surface area contributed by atoms with Gasteiger partial charge < -0.3 is 10.1 Å². The fourth-order valence-corrected chi connectivity index (χ4v) is 3.71. The molecule has 0 spiro atoms. The second kappa shape index (κ2) is 7.94. The number of halogens is 3. The molecule has 0 saturated carbocycles. The summed E-state index contributed by atoms with van der Waals surface area (Å²) in [6, 6.07) is 12.7. The van der Waals surface area contributed by atoms with Crippen LogP contribution in [0.2, 0.25) is 0 Å². The summed E-state index contributed by atoms with van der Waals surface area (Å²) in [4.78, 5) is 0. The first-order chi connectivity index (χ1) is 10.1. The largest absolute Gasteiger partial charge is 0.493 e. The number of hydrogen-bond donors (Lipinski definition) is 1. The molecule has 2 rings (SSSR count). The maximum atomic E-state index is 5.58. The van der Waals surface area contributed by atoms with Crippen molar-refractivity contribution in [1.82, 2.24) is 5.32 Å². The molecule has 0 radical (unpaired) electrons. The highest BCUT2D eigenvalue weighted by atomic mass is 127. The van der Waals surface area contributed by atoms with Crippen molar-refractivity contribution in [3.8, 4) is 5.75 Å². The fraction of sp³-hybridized carbons (Fsp3) is 0.250. The molecular formula is C16H16Br2INO. The van der Waals surface area contributed by atoms with Crippen molar-refractivity contribution < 1.29 is 4.74 Å². The summed E-state index contributed by atoms with van der Waals surface area (Å²) < 4.78 is 8.87. The van der Waals surface area contributed by atoms with Gasteiger partial charge in [-0.3, -0.25) is 0 Å². The Morgan fingerprint density at radius 2 is 1.90 bits per heavy atom. The van der Waals surface area contributed by atoms with Crippen molar-refractivity contribution in [2.45, 2.75) is 13.0 Å². The average molecular weight is 525 g/mol. The van der Waals surface area contributed by atoms with Gasteiger partial charge in [-0.15, -0.1) is 0 Å². The average Bonchev–Trinajstić information content (AvgIpc) is 2.46. The number of ether oxygens (including phenoxy) is 1. The molecule has 0 aromatic heterocycles. The third-order valence-corrected chi connectivity index (χ3v) is 5.16. The van der Waals surface area contributed by atoms with Crippen LogP contribution < -0.4 is 10.1 Å². The molecule has 0 aliphatic rings. The number of nitrogens with one attached hydrogen (secondary N) is 1. The zero-order valence-electron chi connectivity index (χ0n) is 11.8. The van der Waals surface area contributed by atoms with Gasteiger partial charge in [-0.2, -0.15) is 0 Å². The van der Waals surface area contributed by atoms with Gasteiger partial charge in [0.2, 0.25) is 0 Å². The predicted octanol–water partition coefficient (Wildman–Crippen LogP) is 5.52. The van der Waals surface area contributed by atoms with Gasteiger partial charge in [0, 0.05) is 8.04 Å². The van der Waals surface area contributed by atoms with Crippen LogP contribution in [-0.4, -0.2) is 13.7 Å². The second-order valence-electron chi connectivity index (χ2n) is 4.51. The minimum absolute atomic E-state index is 0.126. The van der Waals surface area contributed by atoms with Crippen LogP contribution >= 0.6 is 54.5 Å². The molecule has 2 aromatic rings. The zero-order chi connectivity index (χ0) is 15.4. The van der Waals surface area contributed by atoms with E-state index >= 15 is 0 Å². The molecule has 21 heavy (non-hydrogen) atoms. The summed E-state index contributed by atoms with van der Waals surface area (Å²) >= 11 is 9.57. The van der Waals surface area contributed by atoms with Crippen LogP contribution in [0.15, 0.2) is 45.3 Å². The molecule has 0 aliphatic carbocycles. The Hall–Kier alpha value is -0.110. The molecule has 5 heteroatoms. The van der Waals surface area contributed by atoms with Crippen LogP contribution in [-0.2, 0) is 0 Å². The van der Waals surface area contributed by atoms with Gasteiger partial charge in [0.05, 0.1) is 17.1 Å². The number of rotatable bonds is 5. The van der Waals surface area contributed by atoms with Gasteiger partial charge in [0.25, 0.3) is 0 Å². The van der Waals surface area contributed by atoms with E-state index < -0.39 is 0 Å². The standard InChI is InChI=1S/C16H16Br2INO/c1-3-21-15-7-4-10(8-14(15)18)16(20-2)12-9-11(19)5-6-13(12)17/h4-9,16,20H,3H2,1-2H3. The van der Waals surface area contributed by atoms with Crippen molar-refractivity contribution in [3.05, 3.63) is 60.0 Å². The monoisotopic (exact) mass is 523 g/mol. The lowest BCUT2D eigenvalue weighted by Gasteiger charge is -2.20. The van der Waals surface area contributed by atoms with Gasteiger partial charge >= 0.3 is 0 Å². The Balaban J connectivity index is 2.42. The van der Waals surface area contributed by atoms with Crippen molar-refractivity contribution in [1.29, 1.82) is 0 Å². The van der Waals surface area contributed by atoms with Crippen LogP contribution in [0.3, 0.4) is 0 Å². The SMILES string of the molecule is CCOc1ccc(C(NC)c2cc(I)ccc2Br)cc1Br. The van der Waals surface area contributed by atoms with E-state index in [0.29, 0.717) is 6.61 Å². The van der Waals surface area contributed by atoms with Crippen molar-refractivity contribution >= 4 is 54.5 Å². The summed E-state index contributed by atoms with van der Waals surface area (Å²) in [7, 11) is 1.97. The van der Waals surface area contributed by atoms with Crippen LogP contribution in [0, 0.1) is 3.57 Å². The first-order valence-corrected chi connectivity index (χ1v) is 9.27. The van der Waals surface area contributed by atoms with E-state index in [1.807, 2.05) is 20.0 Å². The highest BCUT2D eigenvalue weighted by molar-refractivity contribution is 14.1. The van der Waals surface area contributed by atoms with E-state index in [-0.39, 0.29) is 6.04 Å². The summed E-state index contributed by atoms with van der Waals surface area (Å²) in [5, 5.41) is 3.39. The molecule has 2 aromatic carbocycles. The summed E-state index contributed by atoms with van der Waals surface area (Å²) in [5.41, 5.74) is 2.41. The van der Waals surface area contributed by atoms with Crippen LogP contribution in [0.1, 0.15) is 24.1 Å². The highest BCUT2D eigenvalue weighted by Crippen LogP contribution is 2.34. The first kappa shape index (κ1) is 17.2. The maximum absolute atomic E-state index is 5.58. The minimum atomic E-state index is 0.126. The Morgan fingerprint density at radius 1 is 1.14 bits per heavy atom. The van der Waals surface area contributed by atoms with Crippen LogP contribution in [0.4, 0.5) is 0 Å². The van der Waals surface area contributed by atoms with Gasteiger partial charge in [0.15, 0.2) is 0 Å². The smallest absolute Gasteiger partial charge is 0.133 e. The Bertz CT molecular complexity index is 634. The summed E-state index contributed by atoms with van der Waals surface area (Å²) in [5.74, 6) is 0.873. The molecule has 112 valence electrons. The van der Waals surface area contributed by atoms with E-state index in [9.17, 15) is 0 Å². The van der Waals surface area contributed by atoms with Crippen molar-refractivity contribution in [2.75, 3.05) is 13.7 Å². The van der Waals surface area contributed by atoms with Gasteiger partial charge in [-0.05, 0) is 94.0 Å². The Kier molecular flexibility index (Phi) is 6.52. The zero-order valence-corrected chi connectivity index (χ0v) is 17.1. The molecule has 0 saturated heterocycles. The van der Waals surface area contributed by atoms with Gasteiger partial charge in [0.1, 0.15) is 5.75 Å². The summed E-state index contributed by atoms with van der Waals surface area (Å²) in [6.45, 7) is 2.65. The fourth-order valence-electron chi connectivity index (χ4n) is 2.21. The molecule has 0 aliphatic heterocycles. The molecule has 1 unspecified atom stereocenters. The lowest BCUT2D eigenvalue weighted by molar-refractivity contribution is 0.338. The van der Waals surface area contributed by atoms with Crippen molar-refractivity contribution in [2.24, 2.45) is 0 Å². The quantitative estimate of drug-likeness (QED) is 0.520. The third kappa shape index (κ3) is 4.21. The Labute approximate surface area is 156 Å². The second-order valence-corrected chi connectivity index (χ2v) is 7.46. The lowest BCUT2D eigenvalue weighted by atomic mass is 9.99. The normalized spacial score (nSPS) is 12.2. The molecule has 1 N–H and O–H groups in total. The molecule has 0 amide bonds. The van der Waals surface area contributed by atoms with Crippen LogP contribution in [0.5, 0.6) is 5.75 Å². The topological polar surface area (TPSA) is 21.3 Å². The van der Waals surface area contributed by atoms with Crippen molar-refractivity contribution in [3.63, 3.8) is 0 Å². The first-order valence-electron chi connectivity index (χ1n) is 6.61. The molecule has 0 heterocycles. The minimum Gasteiger partial charge on any atom is -0.493 e. The number of benzene rings is 2. The molecular weight excluding hydrogens is 509 g/mol. The molecule has 2 nitrogen and oxygen atoms in total.